The number of carbonyl (C=O) groups excluding carboxylic acids is 1. The molecule has 98 valence electrons. The number of hydrogen-bond acceptors (Lipinski definition) is 4. The van der Waals surface area contributed by atoms with E-state index in [2.05, 4.69) is 5.32 Å². The molecule has 1 rings (SSSR count). The molecule has 1 aliphatic rings. The zero-order valence-electron chi connectivity index (χ0n) is 10.2. The molecule has 0 unspecified atom stereocenters. The Balaban J connectivity index is 2.23. The first kappa shape index (κ1) is 14.3. The lowest BCUT2D eigenvalue weighted by atomic mass is 10.1. The molecule has 1 aliphatic carbocycles. The van der Waals surface area contributed by atoms with Crippen molar-refractivity contribution in [2.45, 2.75) is 49.9 Å². The summed E-state index contributed by atoms with van der Waals surface area (Å²) in [6.45, 7) is 3.57. The van der Waals surface area contributed by atoms with Gasteiger partial charge in [-0.1, -0.05) is 0 Å². The van der Waals surface area contributed by atoms with Crippen molar-refractivity contribution in [3.8, 4) is 0 Å². The second-order valence-corrected chi connectivity index (χ2v) is 6.61. The first-order chi connectivity index (χ1) is 7.83. The standard InChI is InChI=1S/C11H20N2O3S/c1-11(2,9(12)10(15)16)17-6-5-8(14)13-7-3-4-7/h7,9H,3-6,12H2,1-2H3,(H,13,14)(H,15,16)/t9-/m1/s1. The topological polar surface area (TPSA) is 92.4 Å². The number of rotatable bonds is 7. The van der Waals surface area contributed by atoms with Gasteiger partial charge in [0.05, 0.1) is 0 Å². The normalized spacial score (nSPS) is 17.6. The van der Waals surface area contributed by atoms with Crippen LogP contribution in [0.3, 0.4) is 0 Å². The zero-order valence-corrected chi connectivity index (χ0v) is 11.0. The van der Waals surface area contributed by atoms with E-state index in [1.165, 1.54) is 11.8 Å². The third kappa shape index (κ3) is 4.95. The van der Waals surface area contributed by atoms with Crippen LogP contribution in [0.2, 0.25) is 0 Å². The summed E-state index contributed by atoms with van der Waals surface area (Å²) >= 11 is 1.42. The molecule has 1 saturated carbocycles. The van der Waals surface area contributed by atoms with E-state index in [4.69, 9.17) is 10.8 Å². The van der Waals surface area contributed by atoms with Gasteiger partial charge in [0.2, 0.25) is 5.91 Å². The molecule has 0 saturated heterocycles. The van der Waals surface area contributed by atoms with Crippen molar-refractivity contribution in [2.75, 3.05) is 5.75 Å². The van der Waals surface area contributed by atoms with Gasteiger partial charge in [-0.05, 0) is 26.7 Å². The smallest absolute Gasteiger partial charge is 0.321 e. The van der Waals surface area contributed by atoms with E-state index in [0.717, 1.165) is 12.8 Å². The minimum absolute atomic E-state index is 0.0414. The Kier molecular flexibility index (Phi) is 4.82. The molecular formula is C11H20N2O3S. The van der Waals surface area contributed by atoms with E-state index >= 15 is 0 Å². The Hall–Kier alpha value is -0.750. The summed E-state index contributed by atoms with van der Waals surface area (Å²) in [5.74, 6) is -0.378. The molecule has 1 fully saturated rings. The van der Waals surface area contributed by atoms with Crippen LogP contribution in [0, 0.1) is 0 Å². The largest absolute Gasteiger partial charge is 0.480 e. The SMILES string of the molecule is CC(C)(SCCC(=O)NC1CC1)[C@H](N)C(=O)O. The monoisotopic (exact) mass is 260 g/mol. The zero-order chi connectivity index (χ0) is 13.1. The van der Waals surface area contributed by atoms with Gasteiger partial charge >= 0.3 is 5.97 Å². The molecular weight excluding hydrogens is 240 g/mol. The fourth-order valence-electron chi connectivity index (χ4n) is 1.32. The van der Waals surface area contributed by atoms with Gasteiger partial charge in [-0.3, -0.25) is 9.59 Å². The highest BCUT2D eigenvalue weighted by Gasteiger charge is 2.32. The summed E-state index contributed by atoms with van der Waals surface area (Å²) < 4.78 is -0.564. The summed E-state index contributed by atoms with van der Waals surface area (Å²) in [7, 11) is 0. The summed E-state index contributed by atoms with van der Waals surface area (Å²) in [5.41, 5.74) is 5.58. The average Bonchev–Trinajstić information content (AvgIpc) is 2.99. The van der Waals surface area contributed by atoms with E-state index in [0.29, 0.717) is 18.2 Å². The van der Waals surface area contributed by atoms with Crippen LogP contribution in [0.5, 0.6) is 0 Å². The van der Waals surface area contributed by atoms with Crippen molar-refractivity contribution in [2.24, 2.45) is 5.73 Å². The third-order valence-electron chi connectivity index (χ3n) is 2.76. The lowest BCUT2D eigenvalue weighted by molar-refractivity contribution is -0.139. The van der Waals surface area contributed by atoms with Crippen LogP contribution < -0.4 is 11.1 Å². The molecule has 0 aromatic heterocycles. The number of carboxylic acid groups (broad SMARTS) is 1. The van der Waals surface area contributed by atoms with E-state index in [9.17, 15) is 9.59 Å². The van der Waals surface area contributed by atoms with E-state index in [1.54, 1.807) is 13.8 Å². The molecule has 4 N–H and O–H groups in total. The van der Waals surface area contributed by atoms with Gasteiger partial charge in [0, 0.05) is 23.0 Å². The predicted octanol–water partition coefficient (Wildman–Crippen LogP) is 0.579. The molecule has 0 spiro atoms. The van der Waals surface area contributed by atoms with Gasteiger partial charge in [0.1, 0.15) is 6.04 Å². The van der Waals surface area contributed by atoms with Crippen molar-refractivity contribution in [3.63, 3.8) is 0 Å². The Labute approximate surface area is 106 Å². The second kappa shape index (κ2) is 5.73. The van der Waals surface area contributed by atoms with E-state index < -0.39 is 16.8 Å². The van der Waals surface area contributed by atoms with Gasteiger partial charge in [0.15, 0.2) is 0 Å². The Morgan fingerprint density at radius 1 is 1.53 bits per heavy atom. The number of hydrogen-bond donors (Lipinski definition) is 3. The number of nitrogens with one attached hydrogen (secondary N) is 1. The van der Waals surface area contributed by atoms with Gasteiger partial charge in [-0.25, -0.2) is 0 Å². The fraction of sp³-hybridized carbons (Fsp3) is 0.818. The molecule has 5 nitrogen and oxygen atoms in total. The molecule has 0 radical (unpaired) electrons. The molecule has 0 bridgehead atoms. The van der Waals surface area contributed by atoms with Crippen molar-refractivity contribution >= 4 is 23.6 Å². The molecule has 0 heterocycles. The van der Waals surface area contributed by atoms with Crippen LogP contribution in [0.4, 0.5) is 0 Å². The Bertz CT molecular complexity index is 303. The number of nitrogens with two attached hydrogens (primary N) is 1. The highest BCUT2D eigenvalue weighted by molar-refractivity contribution is 8.00. The molecule has 1 atom stereocenters. The number of thioether (sulfide) groups is 1. The quantitative estimate of drug-likeness (QED) is 0.622. The average molecular weight is 260 g/mol. The summed E-state index contributed by atoms with van der Waals surface area (Å²) in [6.07, 6.45) is 2.57. The molecule has 1 amide bonds. The van der Waals surface area contributed by atoms with Crippen molar-refractivity contribution in [1.29, 1.82) is 0 Å². The molecule has 0 aromatic carbocycles. The highest BCUT2D eigenvalue weighted by atomic mass is 32.2. The fourth-order valence-corrected chi connectivity index (χ4v) is 2.42. The number of amides is 1. The van der Waals surface area contributed by atoms with Crippen LogP contribution >= 0.6 is 11.8 Å². The van der Waals surface area contributed by atoms with Gasteiger partial charge < -0.3 is 16.2 Å². The van der Waals surface area contributed by atoms with E-state index in [-0.39, 0.29) is 5.91 Å². The van der Waals surface area contributed by atoms with Crippen molar-refractivity contribution in [3.05, 3.63) is 0 Å². The number of aliphatic carboxylic acids is 1. The maximum Gasteiger partial charge on any atom is 0.321 e. The summed E-state index contributed by atoms with van der Waals surface area (Å²) in [6, 6.07) is -0.541. The van der Waals surface area contributed by atoms with Gasteiger partial charge in [-0.2, -0.15) is 11.8 Å². The third-order valence-corrected chi connectivity index (χ3v) is 4.17. The molecule has 6 heteroatoms. The van der Waals surface area contributed by atoms with Crippen molar-refractivity contribution < 1.29 is 14.7 Å². The van der Waals surface area contributed by atoms with Crippen LogP contribution in [-0.2, 0) is 9.59 Å². The van der Waals surface area contributed by atoms with Crippen LogP contribution in [0.1, 0.15) is 33.1 Å². The van der Waals surface area contributed by atoms with E-state index in [1.807, 2.05) is 0 Å². The van der Waals surface area contributed by atoms with Crippen LogP contribution in [-0.4, -0.2) is 39.6 Å². The molecule has 0 aromatic rings. The maximum absolute atomic E-state index is 11.4. The van der Waals surface area contributed by atoms with Crippen LogP contribution in [0.25, 0.3) is 0 Å². The minimum atomic E-state index is -1.01. The lowest BCUT2D eigenvalue weighted by Gasteiger charge is -2.27. The summed E-state index contributed by atoms with van der Waals surface area (Å²) in [4.78, 5) is 22.2. The Morgan fingerprint density at radius 2 is 2.12 bits per heavy atom. The number of carbonyl (C=O) groups is 2. The Morgan fingerprint density at radius 3 is 2.59 bits per heavy atom. The molecule has 17 heavy (non-hydrogen) atoms. The highest BCUT2D eigenvalue weighted by Crippen LogP contribution is 2.28. The minimum Gasteiger partial charge on any atom is -0.480 e. The number of carboxylic acids is 1. The lowest BCUT2D eigenvalue weighted by Crippen LogP contribution is -2.47. The predicted molar refractivity (Wildman–Crippen MR) is 67.9 cm³/mol. The molecule has 0 aliphatic heterocycles. The maximum atomic E-state index is 11.4. The second-order valence-electron chi connectivity index (χ2n) is 4.86. The summed E-state index contributed by atoms with van der Waals surface area (Å²) in [5, 5.41) is 11.7. The van der Waals surface area contributed by atoms with Crippen molar-refractivity contribution in [1.82, 2.24) is 5.32 Å². The van der Waals surface area contributed by atoms with Gasteiger partial charge in [-0.15, -0.1) is 0 Å². The first-order valence-electron chi connectivity index (χ1n) is 5.74. The van der Waals surface area contributed by atoms with Crippen LogP contribution in [0.15, 0.2) is 0 Å². The first-order valence-corrected chi connectivity index (χ1v) is 6.73. The van der Waals surface area contributed by atoms with Gasteiger partial charge in [0.25, 0.3) is 0 Å².